The minimum atomic E-state index is -0.478. The van der Waals surface area contributed by atoms with Crippen LogP contribution in [-0.2, 0) is 4.74 Å². The molecule has 13 heavy (non-hydrogen) atoms. The Labute approximate surface area is 80.0 Å². The Kier molecular flexibility index (Phi) is 4.77. The number of rotatable bonds is 3. The molecule has 1 amide bonds. The fraction of sp³-hybridized carbons (Fsp3) is 0.889. The van der Waals surface area contributed by atoms with Crippen molar-refractivity contribution in [1.29, 1.82) is 0 Å². The first-order valence-corrected chi connectivity index (χ1v) is 4.48. The molecule has 4 nitrogen and oxygen atoms in total. The third-order valence-corrected chi connectivity index (χ3v) is 1.58. The Bertz CT molecular complexity index is 161. The molecule has 0 unspecified atom stereocenters. The highest BCUT2D eigenvalue weighted by molar-refractivity contribution is 5.66. The molecule has 0 spiro atoms. The van der Waals surface area contributed by atoms with Crippen molar-refractivity contribution in [2.24, 2.45) is 11.3 Å². The molecule has 0 atom stereocenters. The summed E-state index contributed by atoms with van der Waals surface area (Å²) in [5, 5.41) is 0.942. The van der Waals surface area contributed by atoms with Gasteiger partial charge in [0.15, 0.2) is 0 Å². The molecule has 0 saturated carbocycles. The van der Waals surface area contributed by atoms with E-state index in [1.54, 1.807) is 0 Å². The van der Waals surface area contributed by atoms with Crippen LogP contribution in [0.4, 0.5) is 4.79 Å². The lowest BCUT2D eigenvalue weighted by molar-refractivity contribution is 0.106. The van der Waals surface area contributed by atoms with Crippen molar-refractivity contribution >= 4 is 6.09 Å². The molecule has 0 aliphatic carbocycles. The zero-order valence-corrected chi connectivity index (χ0v) is 8.96. The topological polar surface area (TPSA) is 55.6 Å². The maximum Gasteiger partial charge on any atom is 0.423 e. The van der Waals surface area contributed by atoms with Gasteiger partial charge in [0.2, 0.25) is 0 Å². The summed E-state index contributed by atoms with van der Waals surface area (Å²) < 4.78 is 4.86. The lowest BCUT2D eigenvalue weighted by Gasteiger charge is -2.18. The Balaban J connectivity index is 3.42. The normalized spacial score (nSPS) is 11.2. The number of nitrogens with two attached hydrogens (primary N) is 1. The van der Waals surface area contributed by atoms with Crippen molar-refractivity contribution in [2.45, 2.75) is 33.6 Å². The standard InChI is InChI=1S/C9H20N2O2/c1-9(2,3)6-5-7-13-8(12)11(4)10/h5-7,10H2,1-4H3. The van der Waals surface area contributed by atoms with Gasteiger partial charge in [0.1, 0.15) is 0 Å². The first-order valence-electron chi connectivity index (χ1n) is 4.48. The number of carbonyl (C=O) groups is 1. The van der Waals surface area contributed by atoms with Crippen LogP contribution < -0.4 is 5.84 Å². The molecule has 0 heterocycles. The van der Waals surface area contributed by atoms with Crippen molar-refractivity contribution < 1.29 is 9.53 Å². The van der Waals surface area contributed by atoms with Crippen LogP contribution in [0.25, 0.3) is 0 Å². The van der Waals surface area contributed by atoms with E-state index in [4.69, 9.17) is 10.6 Å². The van der Waals surface area contributed by atoms with Crippen LogP contribution in [0.15, 0.2) is 0 Å². The second-order valence-corrected chi connectivity index (χ2v) is 4.39. The summed E-state index contributed by atoms with van der Waals surface area (Å²) in [5.41, 5.74) is 0.293. The molecular formula is C9H20N2O2. The molecule has 0 aliphatic rings. The third kappa shape index (κ3) is 7.59. The zero-order chi connectivity index (χ0) is 10.5. The fourth-order valence-corrected chi connectivity index (χ4v) is 0.864. The van der Waals surface area contributed by atoms with Gasteiger partial charge in [-0.1, -0.05) is 20.8 Å². The molecule has 0 radical (unpaired) electrons. The summed E-state index contributed by atoms with van der Waals surface area (Å²) in [4.78, 5) is 10.8. The lowest BCUT2D eigenvalue weighted by Crippen LogP contribution is -2.33. The monoisotopic (exact) mass is 188 g/mol. The Morgan fingerprint density at radius 2 is 2.00 bits per heavy atom. The molecule has 0 aliphatic heterocycles. The van der Waals surface area contributed by atoms with Crippen molar-refractivity contribution in [3.05, 3.63) is 0 Å². The summed E-state index contributed by atoms with van der Waals surface area (Å²) in [7, 11) is 1.46. The van der Waals surface area contributed by atoms with Gasteiger partial charge in [0, 0.05) is 7.05 Å². The van der Waals surface area contributed by atoms with Gasteiger partial charge in [-0.2, -0.15) is 0 Å². The predicted octanol–water partition coefficient (Wildman–Crippen LogP) is 1.75. The molecule has 4 heteroatoms. The number of hydrogen-bond donors (Lipinski definition) is 1. The van der Waals surface area contributed by atoms with Crippen LogP contribution in [0, 0.1) is 5.41 Å². The van der Waals surface area contributed by atoms with Crippen LogP contribution in [-0.4, -0.2) is 24.8 Å². The summed E-state index contributed by atoms with van der Waals surface area (Å²) in [6.45, 7) is 6.91. The van der Waals surface area contributed by atoms with Crippen LogP contribution in [0.3, 0.4) is 0 Å². The van der Waals surface area contributed by atoms with Gasteiger partial charge in [-0.25, -0.2) is 15.6 Å². The highest BCUT2D eigenvalue weighted by Gasteiger charge is 2.10. The first kappa shape index (κ1) is 12.2. The number of hydrazine groups is 1. The van der Waals surface area contributed by atoms with E-state index in [0.717, 1.165) is 17.9 Å². The lowest BCUT2D eigenvalue weighted by atomic mass is 9.91. The summed E-state index contributed by atoms with van der Waals surface area (Å²) >= 11 is 0. The zero-order valence-electron chi connectivity index (χ0n) is 8.96. The number of carbonyl (C=O) groups excluding carboxylic acids is 1. The van der Waals surface area contributed by atoms with Crippen molar-refractivity contribution in [3.8, 4) is 0 Å². The molecule has 0 aromatic carbocycles. The Morgan fingerprint density at radius 1 is 1.46 bits per heavy atom. The van der Waals surface area contributed by atoms with E-state index >= 15 is 0 Å². The van der Waals surface area contributed by atoms with Gasteiger partial charge in [0.05, 0.1) is 6.61 Å². The molecule has 78 valence electrons. The van der Waals surface area contributed by atoms with E-state index in [0.29, 0.717) is 12.0 Å². The SMILES string of the molecule is CN(N)C(=O)OCCCC(C)(C)C. The van der Waals surface area contributed by atoms with Gasteiger partial charge >= 0.3 is 6.09 Å². The van der Waals surface area contributed by atoms with Gasteiger partial charge in [-0.3, -0.25) is 0 Å². The van der Waals surface area contributed by atoms with E-state index < -0.39 is 6.09 Å². The van der Waals surface area contributed by atoms with Gasteiger partial charge in [0.25, 0.3) is 0 Å². The molecule has 0 aromatic rings. The summed E-state index contributed by atoms with van der Waals surface area (Å²) in [6.07, 6.45) is 1.44. The smallest absolute Gasteiger partial charge is 0.423 e. The molecule has 0 bridgehead atoms. The largest absolute Gasteiger partial charge is 0.448 e. The van der Waals surface area contributed by atoms with Gasteiger partial charge in [-0.15, -0.1) is 0 Å². The van der Waals surface area contributed by atoms with E-state index in [9.17, 15) is 4.79 Å². The Hall–Kier alpha value is -0.770. The van der Waals surface area contributed by atoms with E-state index in [-0.39, 0.29) is 0 Å². The average Bonchev–Trinajstić information content (AvgIpc) is 1.95. The minimum Gasteiger partial charge on any atom is -0.448 e. The molecule has 2 N–H and O–H groups in total. The molecule has 0 saturated heterocycles. The second kappa shape index (κ2) is 5.07. The fourth-order valence-electron chi connectivity index (χ4n) is 0.864. The summed E-state index contributed by atoms with van der Waals surface area (Å²) in [5.74, 6) is 5.16. The minimum absolute atomic E-state index is 0.293. The number of amides is 1. The first-order chi connectivity index (χ1) is 5.83. The highest BCUT2D eigenvalue weighted by Crippen LogP contribution is 2.20. The predicted molar refractivity (Wildman–Crippen MR) is 52.0 cm³/mol. The number of hydrogen-bond acceptors (Lipinski definition) is 3. The van der Waals surface area contributed by atoms with E-state index in [1.807, 2.05) is 0 Å². The maximum atomic E-state index is 10.8. The molecule has 0 rings (SSSR count). The molecular weight excluding hydrogens is 168 g/mol. The van der Waals surface area contributed by atoms with Crippen molar-refractivity contribution in [2.75, 3.05) is 13.7 Å². The summed E-state index contributed by atoms with van der Waals surface area (Å²) in [6, 6.07) is 0. The number of ether oxygens (including phenoxy) is 1. The second-order valence-electron chi connectivity index (χ2n) is 4.39. The van der Waals surface area contributed by atoms with Crippen LogP contribution in [0.2, 0.25) is 0 Å². The highest BCUT2D eigenvalue weighted by atomic mass is 16.6. The third-order valence-electron chi connectivity index (χ3n) is 1.58. The van der Waals surface area contributed by atoms with Crippen molar-refractivity contribution in [1.82, 2.24) is 5.01 Å². The van der Waals surface area contributed by atoms with Gasteiger partial charge in [-0.05, 0) is 18.3 Å². The van der Waals surface area contributed by atoms with E-state index in [1.165, 1.54) is 7.05 Å². The molecule has 0 fully saturated rings. The Morgan fingerprint density at radius 3 is 2.38 bits per heavy atom. The van der Waals surface area contributed by atoms with Gasteiger partial charge < -0.3 is 4.74 Å². The van der Waals surface area contributed by atoms with Crippen LogP contribution >= 0.6 is 0 Å². The molecule has 0 aromatic heterocycles. The van der Waals surface area contributed by atoms with Crippen LogP contribution in [0.1, 0.15) is 33.6 Å². The van der Waals surface area contributed by atoms with Crippen molar-refractivity contribution in [3.63, 3.8) is 0 Å². The van der Waals surface area contributed by atoms with Crippen LogP contribution in [0.5, 0.6) is 0 Å². The average molecular weight is 188 g/mol. The quantitative estimate of drug-likeness (QED) is 0.318. The number of nitrogens with zero attached hydrogens (tertiary/aromatic N) is 1. The maximum absolute atomic E-state index is 10.8. The van der Waals surface area contributed by atoms with E-state index in [2.05, 4.69) is 20.8 Å².